The van der Waals surface area contributed by atoms with Crippen LogP contribution in [0.15, 0.2) is 64.4 Å². The maximum absolute atomic E-state index is 12.4. The maximum Gasteiger partial charge on any atom is 0.330 e. The van der Waals surface area contributed by atoms with Gasteiger partial charge in [0.2, 0.25) is 0 Å². The molecule has 4 rings (SSSR count). The first-order valence-electron chi connectivity index (χ1n) is 8.47. The third-order valence-electron chi connectivity index (χ3n) is 4.09. The van der Waals surface area contributed by atoms with E-state index >= 15 is 0 Å². The average Bonchev–Trinajstić information content (AvgIpc) is 3.21. The smallest absolute Gasteiger partial charge is 0.330 e. The quantitative estimate of drug-likeness (QED) is 0.508. The molecular formula is C18H15N7O3. The molecule has 0 saturated carbocycles. The number of pyridine rings is 1. The van der Waals surface area contributed by atoms with Crippen LogP contribution in [-0.2, 0) is 6.54 Å². The molecule has 3 heterocycles. The van der Waals surface area contributed by atoms with Crippen molar-refractivity contribution in [2.75, 3.05) is 6.54 Å². The first-order chi connectivity index (χ1) is 13.6. The van der Waals surface area contributed by atoms with E-state index < -0.39 is 17.2 Å². The molecule has 3 aromatic heterocycles. The van der Waals surface area contributed by atoms with Crippen molar-refractivity contribution >= 4 is 16.9 Å². The zero-order valence-corrected chi connectivity index (χ0v) is 14.6. The average molecular weight is 377 g/mol. The Morgan fingerprint density at radius 3 is 2.75 bits per heavy atom. The Morgan fingerprint density at radius 1 is 1.11 bits per heavy atom. The second kappa shape index (κ2) is 7.27. The Morgan fingerprint density at radius 2 is 1.93 bits per heavy atom. The number of carbonyl (C=O) groups excluding carboxylic acids is 1. The van der Waals surface area contributed by atoms with Gasteiger partial charge in [0.25, 0.3) is 11.5 Å². The number of rotatable bonds is 5. The molecule has 140 valence electrons. The van der Waals surface area contributed by atoms with Gasteiger partial charge in [-0.3, -0.25) is 19.1 Å². The Balaban J connectivity index is 1.45. The maximum atomic E-state index is 12.4. The number of amides is 1. The third kappa shape index (κ3) is 3.30. The molecule has 0 spiro atoms. The summed E-state index contributed by atoms with van der Waals surface area (Å²) in [5.74, 6) is -0.450. The van der Waals surface area contributed by atoms with Crippen LogP contribution in [0, 0.1) is 0 Å². The molecule has 0 aliphatic rings. The van der Waals surface area contributed by atoms with Gasteiger partial charge in [0.15, 0.2) is 5.69 Å². The summed E-state index contributed by atoms with van der Waals surface area (Å²) >= 11 is 0. The number of carbonyl (C=O) groups is 1. The molecule has 1 amide bonds. The summed E-state index contributed by atoms with van der Waals surface area (Å²) in [6, 6.07) is 12.4. The Bertz CT molecular complexity index is 1260. The predicted molar refractivity (Wildman–Crippen MR) is 100 cm³/mol. The second-order valence-electron chi connectivity index (χ2n) is 5.90. The van der Waals surface area contributed by atoms with Gasteiger partial charge in [-0.15, -0.1) is 5.10 Å². The highest BCUT2D eigenvalue weighted by Crippen LogP contribution is 2.04. The van der Waals surface area contributed by atoms with Gasteiger partial charge < -0.3 is 5.32 Å². The summed E-state index contributed by atoms with van der Waals surface area (Å²) in [5.41, 5.74) is 0.0455. The van der Waals surface area contributed by atoms with Crippen LogP contribution in [0.4, 0.5) is 0 Å². The second-order valence-corrected chi connectivity index (χ2v) is 5.90. The van der Waals surface area contributed by atoms with Crippen LogP contribution in [0.1, 0.15) is 10.5 Å². The summed E-state index contributed by atoms with van der Waals surface area (Å²) in [5, 5.41) is 11.1. The van der Waals surface area contributed by atoms with Crippen molar-refractivity contribution in [3.63, 3.8) is 0 Å². The number of benzene rings is 1. The lowest BCUT2D eigenvalue weighted by molar-refractivity contribution is 0.0946. The summed E-state index contributed by atoms with van der Waals surface area (Å²) in [6.45, 7) is 0.0867. The first-order valence-corrected chi connectivity index (χ1v) is 8.47. The molecule has 0 unspecified atom stereocenters. The topological polar surface area (TPSA) is 128 Å². The van der Waals surface area contributed by atoms with E-state index in [2.05, 4.69) is 25.5 Å². The molecular weight excluding hydrogens is 362 g/mol. The minimum Gasteiger partial charge on any atom is -0.349 e. The highest BCUT2D eigenvalue weighted by Gasteiger charge is 2.12. The number of hydrogen-bond acceptors (Lipinski definition) is 6. The fourth-order valence-corrected chi connectivity index (χ4v) is 2.71. The molecule has 0 aliphatic heterocycles. The van der Waals surface area contributed by atoms with E-state index in [9.17, 15) is 14.4 Å². The van der Waals surface area contributed by atoms with Crippen molar-refractivity contribution in [2.45, 2.75) is 6.54 Å². The number of fused-ring (bicyclic) bond motifs is 1. The van der Waals surface area contributed by atoms with Crippen LogP contribution in [0.5, 0.6) is 0 Å². The van der Waals surface area contributed by atoms with E-state index in [4.69, 9.17) is 0 Å². The van der Waals surface area contributed by atoms with Crippen LogP contribution < -0.4 is 16.6 Å². The zero-order chi connectivity index (χ0) is 19.5. The Hall–Kier alpha value is -4.08. The van der Waals surface area contributed by atoms with E-state index in [-0.39, 0.29) is 24.4 Å². The number of nitrogens with one attached hydrogen (secondary N) is 2. The molecule has 4 aromatic rings. The summed E-state index contributed by atoms with van der Waals surface area (Å²) < 4.78 is 1.02. The number of hydrogen-bond donors (Lipinski definition) is 2. The van der Waals surface area contributed by atoms with Gasteiger partial charge in [-0.1, -0.05) is 18.2 Å². The molecule has 10 heteroatoms. The summed E-state index contributed by atoms with van der Waals surface area (Å²) in [7, 11) is 0. The molecule has 2 N–H and O–H groups in total. The van der Waals surface area contributed by atoms with Crippen LogP contribution in [0.25, 0.3) is 16.7 Å². The van der Waals surface area contributed by atoms with E-state index in [1.54, 1.807) is 12.1 Å². The summed E-state index contributed by atoms with van der Waals surface area (Å²) in [6.07, 6.45) is 2.84. The molecule has 1 aromatic carbocycles. The highest BCUT2D eigenvalue weighted by atomic mass is 16.2. The van der Waals surface area contributed by atoms with Gasteiger partial charge in [-0.25, -0.2) is 9.78 Å². The van der Waals surface area contributed by atoms with Crippen molar-refractivity contribution in [1.82, 2.24) is 34.8 Å². The Labute approximate surface area is 157 Å². The number of aromatic nitrogens is 6. The third-order valence-corrected chi connectivity index (χ3v) is 4.09. The van der Waals surface area contributed by atoms with Crippen molar-refractivity contribution in [3.8, 4) is 5.69 Å². The van der Waals surface area contributed by atoms with Crippen LogP contribution in [-0.4, -0.2) is 42.0 Å². The van der Waals surface area contributed by atoms with Crippen LogP contribution in [0.2, 0.25) is 0 Å². The molecule has 0 radical (unpaired) electrons. The lowest BCUT2D eigenvalue weighted by atomic mass is 10.3. The SMILES string of the molecule is O=C(NCCn1c(=O)[nH]c2ncccc2c1=O)c1cnn(-c2ccccc2)n1. The standard InChI is InChI=1S/C18H15N7O3/c26-16(14-11-21-25(23-14)12-5-2-1-3-6-12)20-9-10-24-17(27)13-7-4-8-19-15(13)22-18(24)28/h1-8,11H,9-10H2,(H,20,26)(H,19,22,28). The van der Waals surface area contributed by atoms with Gasteiger partial charge in [-0.05, 0) is 24.3 Å². The predicted octanol–water partition coefficient (Wildman–Crippen LogP) is 0.0955. The monoisotopic (exact) mass is 377 g/mol. The lowest BCUT2D eigenvalue weighted by Crippen LogP contribution is -2.39. The number of H-pyrrole nitrogens is 1. The van der Waals surface area contributed by atoms with Crippen molar-refractivity contribution in [3.05, 3.63) is 81.4 Å². The first kappa shape index (κ1) is 17.3. The van der Waals surface area contributed by atoms with Crippen molar-refractivity contribution < 1.29 is 4.79 Å². The largest absolute Gasteiger partial charge is 0.349 e. The van der Waals surface area contributed by atoms with Gasteiger partial charge in [0, 0.05) is 19.3 Å². The Kier molecular flexibility index (Phi) is 4.50. The highest BCUT2D eigenvalue weighted by molar-refractivity contribution is 5.91. The minimum atomic E-state index is -0.583. The number of para-hydroxylation sites is 1. The van der Waals surface area contributed by atoms with Crippen molar-refractivity contribution in [1.29, 1.82) is 0 Å². The molecule has 0 fully saturated rings. The molecule has 0 atom stereocenters. The summed E-state index contributed by atoms with van der Waals surface area (Å²) in [4.78, 5) is 44.6. The van der Waals surface area contributed by atoms with Crippen LogP contribution in [0.3, 0.4) is 0 Å². The molecule has 0 bridgehead atoms. The zero-order valence-electron chi connectivity index (χ0n) is 14.6. The van der Waals surface area contributed by atoms with Crippen molar-refractivity contribution in [2.24, 2.45) is 0 Å². The fraction of sp³-hybridized carbons (Fsp3) is 0.111. The normalized spacial score (nSPS) is 10.9. The number of nitrogens with zero attached hydrogens (tertiary/aromatic N) is 5. The molecule has 10 nitrogen and oxygen atoms in total. The van der Waals surface area contributed by atoms with Crippen LogP contribution >= 0.6 is 0 Å². The fourth-order valence-electron chi connectivity index (χ4n) is 2.71. The molecule has 0 aliphatic carbocycles. The van der Waals surface area contributed by atoms with E-state index in [0.717, 1.165) is 10.3 Å². The van der Waals surface area contributed by atoms with E-state index in [1.165, 1.54) is 17.2 Å². The van der Waals surface area contributed by atoms with E-state index in [1.807, 2.05) is 30.3 Å². The molecule has 28 heavy (non-hydrogen) atoms. The van der Waals surface area contributed by atoms with Gasteiger partial charge in [-0.2, -0.15) is 9.90 Å². The van der Waals surface area contributed by atoms with Gasteiger partial charge in [0.1, 0.15) is 5.65 Å². The van der Waals surface area contributed by atoms with Gasteiger partial charge in [0.05, 0.1) is 17.3 Å². The molecule has 0 saturated heterocycles. The number of aromatic amines is 1. The lowest BCUT2D eigenvalue weighted by Gasteiger charge is -2.06. The van der Waals surface area contributed by atoms with E-state index in [0.29, 0.717) is 5.39 Å². The minimum absolute atomic E-state index is 0.0115. The van der Waals surface area contributed by atoms with Gasteiger partial charge >= 0.3 is 5.69 Å².